The van der Waals surface area contributed by atoms with Crippen molar-refractivity contribution < 1.29 is 4.74 Å². The number of benzene rings is 8. The van der Waals surface area contributed by atoms with Gasteiger partial charge in [0.05, 0.1) is 22.4 Å². The average molecular weight is 1010 g/mol. The molecule has 0 spiro atoms. The van der Waals surface area contributed by atoms with Crippen molar-refractivity contribution in [3.05, 3.63) is 239 Å². The van der Waals surface area contributed by atoms with E-state index >= 15 is 0 Å². The molecule has 5 nitrogen and oxygen atoms in total. The van der Waals surface area contributed by atoms with Gasteiger partial charge in [0.1, 0.15) is 24.0 Å². The second-order valence-electron chi connectivity index (χ2n) is 25.5. The molecule has 0 fully saturated rings. The van der Waals surface area contributed by atoms with Crippen LogP contribution in [0.2, 0.25) is 0 Å². The van der Waals surface area contributed by atoms with E-state index < -0.39 is 0 Å². The molecule has 11 rings (SSSR count). The van der Waals surface area contributed by atoms with E-state index in [1.165, 1.54) is 66.5 Å². The van der Waals surface area contributed by atoms with Crippen molar-refractivity contribution in [2.24, 2.45) is 0 Å². The molecule has 2 aromatic heterocycles. The van der Waals surface area contributed by atoms with Crippen molar-refractivity contribution in [3.63, 3.8) is 0 Å². The molecule has 0 radical (unpaired) electrons. The van der Waals surface area contributed by atoms with Crippen LogP contribution in [0.3, 0.4) is 0 Å². The smallest absolute Gasteiger partial charge is 0.137 e. The van der Waals surface area contributed by atoms with Crippen LogP contribution in [-0.4, -0.2) is 16.2 Å². The fourth-order valence-corrected chi connectivity index (χ4v) is 11.2. The fraction of sp³-hybridized carbons (Fsp3) is 0.264. The van der Waals surface area contributed by atoms with Crippen molar-refractivity contribution in [1.29, 1.82) is 0 Å². The lowest BCUT2D eigenvalue weighted by Gasteiger charge is -2.30. The Morgan fingerprint density at radius 1 is 0.364 bits per heavy atom. The second-order valence-corrected chi connectivity index (χ2v) is 25.5. The van der Waals surface area contributed by atoms with E-state index in [0.717, 1.165) is 45.4 Å². The third kappa shape index (κ3) is 9.71. The van der Waals surface area contributed by atoms with Crippen LogP contribution < -0.4 is 14.5 Å². The van der Waals surface area contributed by atoms with Gasteiger partial charge in [-0.25, -0.2) is 4.98 Å². The number of rotatable bonds is 10. The summed E-state index contributed by atoms with van der Waals surface area (Å²) in [4.78, 5) is 10.0. The van der Waals surface area contributed by atoms with E-state index in [1.807, 2.05) is 6.20 Å². The minimum Gasteiger partial charge on any atom is -0.457 e. The summed E-state index contributed by atoms with van der Waals surface area (Å²) in [6, 6.07) is 71.7. The molecule has 0 saturated heterocycles. The van der Waals surface area contributed by atoms with Crippen LogP contribution in [0.25, 0.3) is 38.8 Å². The second kappa shape index (κ2) is 19.0. The van der Waals surface area contributed by atoms with Crippen LogP contribution in [-0.2, 0) is 27.1 Å². The Labute approximate surface area is 457 Å². The average Bonchev–Trinajstić information content (AvgIpc) is 3.99. The first kappa shape index (κ1) is 51.2. The number of hydrogen-bond acceptors (Lipinski definition) is 4. The highest BCUT2D eigenvalue weighted by molar-refractivity contribution is 6.10. The summed E-state index contributed by atoms with van der Waals surface area (Å²) in [7, 11) is 0. The third-order valence-corrected chi connectivity index (χ3v) is 16.4. The van der Waals surface area contributed by atoms with Gasteiger partial charge < -0.3 is 14.5 Å². The summed E-state index contributed by atoms with van der Waals surface area (Å²) < 4.78 is 9.48. The molecule has 1 aliphatic rings. The highest BCUT2D eigenvalue weighted by Crippen LogP contribution is 2.50. The molecule has 5 heteroatoms. The monoisotopic (exact) mass is 1010 g/mol. The Morgan fingerprint density at radius 2 is 0.935 bits per heavy atom. The maximum atomic E-state index is 7.16. The fourth-order valence-electron chi connectivity index (χ4n) is 11.2. The molecule has 0 N–H and O–H groups in total. The lowest BCUT2D eigenvalue weighted by Crippen LogP contribution is -2.25. The van der Waals surface area contributed by atoms with Crippen LogP contribution in [0, 0.1) is 0 Å². The van der Waals surface area contributed by atoms with Crippen LogP contribution in [0.1, 0.15) is 129 Å². The van der Waals surface area contributed by atoms with Crippen LogP contribution in [0.5, 0.6) is 11.5 Å². The molecule has 0 saturated carbocycles. The van der Waals surface area contributed by atoms with Crippen LogP contribution >= 0.6 is 0 Å². The van der Waals surface area contributed by atoms with Gasteiger partial charge in [0.25, 0.3) is 0 Å². The van der Waals surface area contributed by atoms with Crippen molar-refractivity contribution in [3.8, 4) is 28.4 Å². The maximum absolute atomic E-state index is 7.16. The molecule has 388 valence electrons. The molecular formula is C72H74N4O. The highest BCUT2D eigenvalue weighted by atomic mass is 16.5. The summed E-state index contributed by atoms with van der Waals surface area (Å²) in [5.41, 5.74) is 17.2. The van der Waals surface area contributed by atoms with E-state index in [1.54, 1.807) is 0 Å². The zero-order valence-corrected chi connectivity index (χ0v) is 47.5. The summed E-state index contributed by atoms with van der Waals surface area (Å²) >= 11 is 0. The number of hydrogen-bond donors (Lipinski definition) is 0. The number of fused-ring (bicyclic) bond motifs is 4. The summed E-state index contributed by atoms with van der Waals surface area (Å²) in [6.45, 7) is 30.5. The number of nitrogens with zero attached hydrogens (tertiary/aromatic N) is 4. The molecule has 0 amide bonds. The molecule has 0 aliphatic carbocycles. The van der Waals surface area contributed by atoms with E-state index in [9.17, 15) is 0 Å². The van der Waals surface area contributed by atoms with Crippen LogP contribution in [0.4, 0.5) is 22.7 Å². The van der Waals surface area contributed by atoms with Gasteiger partial charge in [-0.1, -0.05) is 199 Å². The Bertz CT molecular complexity index is 3810. The summed E-state index contributed by atoms with van der Waals surface area (Å²) in [5.74, 6) is 2.45. The van der Waals surface area contributed by atoms with E-state index in [-0.39, 0.29) is 27.1 Å². The predicted octanol–water partition coefficient (Wildman–Crippen LogP) is 19.4. The van der Waals surface area contributed by atoms with Crippen molar-refractivity contribution in [2.75, 3.05) is 16.5 Å². The van der Waals surface area contributed by atoms with Gasteiger partial charge in [0, 0.05) is 51.3 Å². The Morgan fingerprint density at radius 3 is 1.58 bits per heavy atom. The minimum atomic E-state index is -0.271. The molecule has 77 heavy (non-hydrogen) atoms. The largest absolute Gasteiger partial charge is 0.457 e. The van der Waals surface area contributed by atoms with Gasteiger partial charge in [-0.15, -0.1) is 0 Å². The standard InChI is InChI=1S/C72H74N4O/c1-68(2,3)52-29-33-63-62(42-52)61-32-31-59(46-65(61)76(63)67-44-53(35-36-73-67)69(4,5)6)77-60-41-55(70(7,8)9)39-58(45-60)74-47-75(66-43-54(30-34-64(66)74)71(10,11)50-25-19-15-20-26-50)57-38-49(48-23-17-14-18-24-48)37-56(40-57)72(12,13)51-27-21-16-22-28-51/h14-46H,47H2,1-13H3. The van der Waals surface area contributed by atoms with Crippen LogP contribution in [0.15, 0.2) is 200 Å². The molecule has 10 aromatic rings. The van der Waals surface area contributed by atoms with Gasteiger partial charge in [0.15, 0.2) is 0 Å². The zero-order chi connectivity index (χ0) is 54.2. The first-order valence-electron chi connectivity index (χ1n) is 27.4. The molecular weight excluding hydrogens is 937 g/mol. The van der Waals surface area contributed by atoms with Gasteiger partial charge in [0.2, 0.25) is 0 Å². The molecule has 1 aliphatic heterocycles. The first-order chi connectivity index (χ1) is 36.5. The normalized spacial score (nSPS) is 13.4. The van der Waals surface area contributed by atoms with Gasteiger partial charge in [-0.05, 0) is 139 Å². The number of anilines is 4. The van der Waals surface area contributed by atoms with Crippen molar-refractivity contribution >= 4 is 44.6 Å². The quantitative estimate of drug-likeness (QED) is 0.137. The number of ether oxygens (including phenoxy) is 1. The Kier molecular flexibility index (Phi) is 12.6. The SMILES string of the molecule is CC(C)(C)c1cc(Oc2ccc3c4cc(C(C)(C)C)ccc4n(-c4cc(C(C)(C)C)ccn4)c3c2)cc(N2CN(c3cc(-c4ccccc4)cc(C(C)(C)c4ccccc4)c3)c3cc(C(C)(C)c4ccccc4)ccc32)c1. The zero-order valence-electron chi connectivity index (χ0n) is 47.5. The van der Waals surface area contributed by atoms with E-state index in [2.05, 4.69) is 298 Å². The molecule has 0 atom stereocenters. The molecule has 3 heterocycles. The van der Waals surface area contributed by atoms with Crippen molar-refractivity contribution in [1.82, 2.24) is 9.55 Å². The Balaban J connectivity index is 1.06. The van der Waals surface area contributed by atoms with Gasteiger partial charge >= 0.3 is 0 Å². The molecule has 8 aromatic carbocycles. The Hall–Kier alpha value is -7.89. The predicted molar refractivity (Wildman–Crippen MR) is 326 cm³/mol. The topological polar surface area (TPSA) is 33.5 Å². The van der Waals surface area contributed by atoms with E-state index in [4.69, 9.17) is 9.72 Å². The van der Waals surface area contributed by atoms with Gasteiger partial charge in [-0.3, -0.25) is 4.57 Å². The third-order valence-electron chi connectivity index (χ3n) is 16.4. The van der Waals surface area contributed by atoms with E-state index in [0.29, 0.717) is 6.67 Å². The van der Waals surface area contributed by atoms with Gasteiger partial charge in [-0.2, -0.15) is 0 Å². The number of aromatic nitrogens is 2. The number of pyridine rings is 1. The summed E-state index contributed by atoms with van der Waals surface area (Å²) in [5, 5.41) is 2.37. The highest BCUT2D eigenvalue weighted by Gasteiger charge is 2.34. The lowest BCUT2D eigenvalue weighted by atomic mass is 9.77. The molecule has 0 bridgehead atoms. The summed E-state index contributed by atoms with van der Waals surface area (Å²) in [6.07, 6.45) is 1.95. The first-order valence-corrected chi connectivity index (χ1v) is 27.4. The molecule has 0 unspecified atom stereocenters. The minimum absolute atomic E-state index is 0.00576. The lowest BCUT2D eigenvalue weighted by molar-refractivity contribution is 0.479. The van der Waals surface area contributed by atoms with Crippen molar-refractivity contribution in [2.45, 2.75) is 117 Å². The maximum Gasteiger partial charge on any atom is 0.137 e.